The van der Waals surface area contributed by atoms with Crippen LogP contribution in [-0.4, -0.2) is 42.2 Å². The van der Waals surface area contributed by atoms with Gasteiger partial charge in [0.05, 0.1) is 18.6 Å². The van der Waals surface area contributed by atoms with E-state index in [1.165, 1.54) is 4.90 Å². The van der Waals surface area contributed by atoms with Crippen molar-refractivity contribution in [2.24, 2.45) is 5.92 Å². The van der Waals surface area contributed by atoms with E-state index >= 15 is 0 Å². The van der Waals surface area contributed by atoms with Crippen LogP contribution >= 0.6 is 0 Å². The second-order valence-electron chi connectivity index (χ2n) is 5.50. The molecule has 2 amide bonds. The smallest absolute Gasteiger partial charge is 0.317 e. The predicted molar refractivity (Wildman–Crippen MR) is 88.6 cm³/mol. The highest BCUT2D eigenvalue weighted by molar-refractivity contribution is 5.76. The molecule has 0 saturated heterocycles. The number of carboxylic acid groups (broad SMARTS) is 1. The Balaban J connectivity index is 2.80. The molecule has 0 aliphatic carbocycles. The summed E-state index contributed by atoms with van der Waals surface area (Å²) in [5.74, 6) is -0.774. The average molecular weight is 322 g/mol. The number of carboxylic acids is 1. The zero-order valence-corrected chi connectivity index (χ0v) is 14.2. The lowest BCUT2D eigenvalue weighted by Crippen LogP contribution is -2.42. The minimum absolute atomic E-state index is 0.157. The molecule has 2 atom stereocenters. The van der Waals surface area contributed by atoms with Crippen LogP contribution in [0.3, 0.4) is 0 Å². The van der Waals surface area contributed by atoms with E-state index in [2.05, 4.69) is 5.32 Å². The zero-order chi connectivity index (χ0) is 17.4. The third-order valence-corrected chi connectivity index (χ3v) is 3.62. The van der Waals surface area contributed by atoms with Crippen LogP contribution in [0.15, 0.2) is 24.3 Å². The molecule has 0 aliphatic heterocycles. The van der Waals surface area contributed by atoms with Crippen LogP contribution in [0.25, 0.3) is 0 Å². The molecule has 1 aromatic rings. The third kappa shape index (κ3) is 5.47. The SMILES string of the molecule is CCOc1ccccc1C(CC)NC(=O)N(C)CC(C)C(=O)O. The fraction of sp³-hybridized carbons (Fsp3) is 0.529. The number of nitrogens with one attached hydrogen (secondary N) is 1. The van der Waals surface area contributed by atoms with Gasteiger partial charge in [0.1, 0.15) is 5.75 Å². The molecule has 0 saturated carbocycles. The van der Waals surface area contributed by atoms with Gasteiger partial charge in [-0.05, 0) is 19.4 Å². The Morgan fingerprint density at radius 3 is 2.52 bits per heavy atom. The number of hydrogen-bond acceptors (Lipinski definition) is 3. The first-order chi connectivity index (χ1) is 10.9. The van der Waals surface area contributed by atoms with E-state index in [1.54, 1.807) is 14.0 Å². The van der Waals surface area contributed by atoms with E-state index in [4.69, 9.17) is 9.84 Å². The normalized spacial score (nSPS) is 13.0. The Bertz CT molecular complexity index is 533. The number of para-hydroxylation sites is 1. The Hall–Kier alpha value is -2.24. The lowest BCUT2D eigenvalue weighted by molar-refractivity contribution is -0.141. The molecule has 0 bridgehead atoms. The highest BCUT2D eigenvalue weighted by atomic mass is 16.5. The summed E-state index contributed by atoms with van der Waals surface area (Å²) in [6.45, 7) is 6.18. The van der Waals surface area contributed by atoms with E-state index in [-0.39, 0.29) is 18.6 Å². The van der Waals surface area contributed by atoms with Crippen LogP contribution in [0, 0.1) is 5.92 Å². The molecule has 0 radical (unpaired) electrons. The maximum absolute atomic E-state index is 12.3. The van der Waals surface area contributed by atoms with Gasteiger partial charge in [0.25, 0.3) is 0 Å². The van der Waals surface area contributed by atoms with Crippen LogP contribution in [-0.2, 0) is 4.79 Å². The van der Waals surface area contributed by atoms with Crippen molar-refractivity contribution in [1.29, 1.82) is 0 Å². The number of carbonyl (C=O) groups excluding carboxylic acids is 1. The number of hydrogen-bond donors (Lipinski definition) is 2. The number of nitrogens with zero attached hydrogens (tertiary/aromatic N) is 1. The van der Waals surface area contributed by atoms with Gasteiger partial charge in [0.2, 0.25) is 0 Å². The molecule has 23 heavy (non-hydrogen) atoms. The van der Waals surface area contributed by atoms with Crippen molar-refractivity contribution in [1.82, 2.24) is 10.2 Å². The quantitative estimate of drug-likeness (QED) is 0.771. The maximum atomic E-state index is 12.3. The summed E-state index contributed by atoms with van der Waals surface area (Å²) in [7, 11) is 1.59. The largest absolute Gasteiger partial charge is 0.494 e. The molecule has 0 aliphatic rings. The van der Waals surface area contributed by atoms with Gasteiger partial charge in [-0.1, -0.05) is 32.0 Å². The molecule has 0 aromatic heterocycles. The lowest BCUT2D eigenvalue weighted by atomic mass is 10.0. The summed E-state index contributed by atoms with van der Waals surface area (Å²) in [5.41, 5.74) is 0.921. The Kier molecular flexibility index (Phi) is 7.38. The fourth-order valence-electron chi connectivity index (χ4n) is 2.29. The van der Waals surface area contributed by atoms with Crippen LogP contribution < -0.4 is 10.1 Å². The molecule has 0 spiro atoms. The molecule has 2 unspecified atom stereocenters. The number of rotatable bonds is 8. The second-order valence-corrected chi connectivity index (χ2v) is 5.50. The van der Waals surface area contributed by atoms with Gasteiger partial charge in [0.15, 0.2) is 0 Å². The molecule has 0 fully saturated rings. The van der Waals surface area contributed by atoms with Crippen molar-refractivity contribution in [3.05, 3.63) is 29.8 Å². The first-order valence-electron chi connectivity index (χ1n) is 7.86. The number of benzene rings is 1. The van der Waals surface area contributed by atoms with Crippen molar-refractivity contribution in [2.75, 3.05) is 20.2 Å². The molecular weight excluding hydrogens is 296 g/mol. The van der Waals surface area contributed by atoms with Gasteiger partial charge in [-0.2, -0.15) is 0 Å². The fourth-order valence-corrected chi connectivity index (χ4v) is 2.29. The second kappa shape index (κ2) is 9.02. The van der Waals surface area contributed by atoms with E-state index in [0.29, 0.717) is 13.0 Å². The van der Waals surface area contributed by atoms with Crippen LogP contribution in [0.5, 0.6) is 5.75 Å². The summed E-state index contributed by atoms with van der Waals surface area (Å²) in [6, 6.07) is 7.12. The Labute approximate surface area is 137 Å². The molecule has 1 aromatic carbocycles. The zero-order valence-electron chi connectivity index (χ0n) is 14.2. The molecular formula is C17H26N2O4. The van der Waals surface area contributed by atoms with Crippen molar-refractivity contribution in [3.8, 4) is 5.75 Å². The summed E-state index contributed by atoms with van der Waals surface area (Å²) >= 11 is 0. The van der Waals surface area contributed by atoms with Crippen molar-refractivity contribution in [3.63, 3.8) is 0 Å². The van der Waals surface area contributed by atoms with Crippen LogP contribution in [0.1, 0.15) is 38.8 Å². The van der Waals surface area contributed by atoms with Gasteiger partial charge in [-0.3, -0.25) is 4.79 Å². The molecule has 1 rings (SSSR count). The summed E-state index contributed by atoms with van der Waals surface area (Å²) in [6.07, 6.45) is 0.706. The standard InChI is InChI=1S/C17H26N2O4/c1-5-14(13-9-7-8-10-15(13)23-6-2)18-17(22)19(4)11-12(3)16(20)21/h7-10,12,14H,5-6,11H2,1-4H3,(H,18,22)(H,20,21). The van der Waals surface area contributed by atoms with Crippen molar-refractivity contribution >= 4 is 12.0 Å². The number of urea groups is 1. The van der Waals surface area contributed by atoms with Crippen molar-refractivity contribution < 1.29 is 19.4 Å². The Morgan fingerprint density at radius 2 is 1.96 bits per heavy atom. The minimum atomic E-state index is -0.918. The van der Waals surface area contributed by atoms with Crippen molar-refractivity contribution in [2.45, 2.75) is 33.2 Å². The van der Waals surface area contributed by atoms with Gasteiger partial charge in [-0.15, -0.1) is 0 Å². The van der Waals surface area contributed by atoms with E-state index in [1.807, 2.05) is 38.1 Å². The first-order valence-corrected chi connectivity index (χ1v) is 7.86. The summed E-state index contributed by atoms with van der Waals surface area (Å²) < 4.78 is 5.62. The lowest BCUT2D eigenvalue weighted by Gasteiger charge is -2.25. The third-order valence-electron chi connectivity index (χ3n) is 3.62. The first kappa shape index (κ1) is 18.8. The maximum Gasteiger partial charge on any atom is 0.317 e. The van der Waals surface area contributed by atoms with Crippen LogP contribution in [0.4, 0.5) is 4.79 Å². The van der Waals surface area contributed by atoms with Gasteiger partial charge >= 0.3 is 12.0 Å². The number of amides is 2. The predicted octanol–water partition coefficient (Wildman–Crippen LogP) is 2.90. The monoisotopic (exact) mass is 322 g/mol. The number of ether oxygens (including phenoxy) is 1. The molecule has 6 heteroatoms. The van der Waals surface area contributed by atoms with Gasteiger partial charge in [0, 0.05) is 19.2 Å². The summed E-state index contributed by atoms with van der Waals surface area (Å²) in [4.78, 5) is 24.6. The van der Waals surface area contributed by atoms with Crippen LogP contribution in [0.2, 0.25) is 0 Å². The molecule has 6 nitrogen and oxygen atoms in total. The number of aliphatic carboxylic acids is 1. The molecule has 2 N–H and O–H groups in total. The van der Waals surface area contributed by atoms with Gasteiger partial charge in [-0.25, -0.2) is 4.79 Å². The topological polar surface area (TPSA) is 78.9 Å². The van der Waals surface area contributed by atoms with E-state index in [9.17, 15) is 9.59 Å². The summed E-state index contributed by atoms with van der Waals surface area (Å²) in [5, 5.41) is 11.9. The van der Waals surface area contributed by atoms with E-state index in [0.717, 1.165) is 11.3 Å². The van der Waals surface area contributed by atoms with Gasteiger partial charge < -0.3 is 20.1 Å². The molecule has 0 heterocycles. The van der Waals surface area contributed by atoms with E-state index < -0.39 is 11.9 Å². The average Bonchev–Trinajstić information content (AvgIpc) is 2.53. The minimum Gasteiger partial charge on any atom is -0.494 e. The highest BCUT2D eigenvalue weighted by Gasteiger charge is 2.21. The Morgan fingerprint density at radius 1 is 1.30 bits per heavy atom. The number of carbonyl (C=O) groups is 2. The molecule has 128 valence electrons. The highest BCUT2D eigenvalue weighted by Crippen LogP contribution is 2.27.